The summed E-state index contributed by atoms with van der Waals surface area (Å²) >= 11 is 18.6. The van der Waals surface area contributed by atoms with E-state index in [9.17, 15) is 4.79 Å². The molecule has 4 rings (SSSR count). The Kier molecular flexibility index (Phi) is 5.77. The summed E-state index contributed by atoms with van der Waals surface area (Å²) in [6.07, 6.45) is 5.75. The standard InChI is InChI=1S/C22H19Cl3N2O/c23-16-7-5-14(6-8-16)11-15-3-1-2-4-18-20(13-28)26-27(22(15)18)21-10-9-17(24)12-19(21)25/h5-10,12-13,15H,1-4,11H2. The summed E-state index contributed by atoms with van der Waals surface area (Å²) in [5.41, 5.74) is 4.59. The number of hydrogen-bond donors (Lipinski definition) is 0. The maximum absolute atomic E-state index is 11.7. The van der Waals surface area contributed by atoms with Crippen molar-refractivity contribution < 1.29 is 4.79 Å². The highest BCUT2D eigenvalue weighted by Gasteiger charge is 2.28. The van der Waals surface area contributed by atoms with Crippen LogP contribution in [-0.2, 0) is 12.8 Å². The minimum absolute atomic E-state index is 0.242. The number of halogens is 3. The van der Waals surface area contributed by atoms with Crippen LogP contribution in [0.5, 0.6) is 0 Å². The van der Waals surface area contributed by atoms with Crippen molar-refractivity contribution in [3.05, 3.63) is 80.0 Å². The largest absolute Gasteiger partial charge is 0.296 e. The maximum atomic E-state index is 11.7. The first-order valence-corrected chi connectivity index (χ1v) is 10.5. The average molecular weight is 434 g/mol. The van der Waals surface area contributed by atoms with Gasteiger partial charge >= 0.3 is 0 Å². The summed E-state index contributed by atoms with van der Waals surface area (Å²) in [6.45, 7) is 0. The van der Waals surface area contributed by atoms with Crippen LogP contribution in [0.1, 0.15) is 52.5 Å². The fourth-order valence-electron chi connectivity index (χ4n) is 4.02. The van der Waals surface area contributed by atoms with Gasteiger partial charge in [0.15, 0.2) is 6.29 Å². The molecule has 0 radical (unpaired) electrons. The number of nitrogens with zero attached hydrogens (tertiary/aromatic N) is 2. The molecule has 0 bridgehead atoms. The Hall–Kier alpha value is -1.81. The first-order valence-electron chi connectivity index (χ1n) is 9.33. The van der Waals surface area contributed by atoms with E-state index in [4.69, 9.17) is 34.8 Å². The summed E-state index contributed by atoms with van der Waals surface area (Å²) in [5, 5.41) is 6.43. The Labute approximate surface area is 179 Å². The molecule has 1 aliphatic rings. The molecule has 1 aromatic heterocycles. The SMILES string of the molecule is O=Cc1nn(-c2ccc(Cl)cc2Cl)c2c1CCCCC2Cc1ccc(Cl)cc1. The van der Waals surface area contributed by atoms with Gasteiger partial charge in [-0.25, -0.2) is 4.68 Å². The molecule has 0 saturated heterocycles. The highest BCUT2D eigenvalue weighted by atomic mass is 35.5. The van der Waals surface area contributed by atoms with Crippen molar-refractivity contribution in [3.8, 4) is 5.69 Å². The summed E-state index contributed by atoms with van der Waals surface area (Å²) in [4.78, 5) is 11.7. The Balaban J connectivity index is 1.83. The second-order valence-electron chi connectivity index (χ2n) is 7.15. The summed E-state index contributed by atoms with van der Waals surface area (Å²) in [5.74, 6) is 0.242. The molecular weight excluding hydrogens is 415 g/mol. The fraction of sp³-hybridized carbons (Fsp3) is 0.273. The first kappa shape index (κ1) is 19.5. The van der Waals surface area contributed by atoms with Crippen LogP contribution in [0.4, 0.5) is 0 Å². The second-order valence-corrected chi connectivity index (χ2v) is 8.43. The van der Waals surface area contributed by atoms with Crippen molar-refractivity contribution in [1.82, 2.24) is 9.78 Å². The predicted molar refractivity (Wildman–Crippen MR) is 114 cm³/mol. The molecule has 0 N–H and O–H groups in total. The van der Waals surface area contributed by atoms with E-state index in [1.165, 1.54) is 5.56 Å². The van der Waals surface area contributed by atoms with Crippen molar-refractivity contribution in [1.29, 1.82) is 0 Å². The van der Waals surface area contributed by atoms with Crippen LogP contribution in [0.25, 0.3) is 5.69 Å². The van der Waals surface area contributed by atoms with Crippen LogP contribution >= 0.6 is 34.8 Å². The van der Waals surface area contributed by atoms with E-state index in [0.29, 0.717) is 15.7 Å². The van der Waals surface area contributed by atoms with Crippen molar-refractivity contribution in [3.63, 3.8) is 0 Å². The number of aldehydes is 1. The van der Waals surface area contributed by atoms with E-state index in [2.05, 4.69) is 17.2 Å². The van der Waals surface area contributed by atoms with Crippen molar-refractivity contribution in [2.75, 3.05) is 0 Å². The molecule has 1 heterocycles. The molecule has 0 amide bonds. The predicted octanol–water partition coefficient (Wildman–Crippen LogP) is 6.70. The zero-order valence-electron chi connectivity index (χ0n) is 15.2. The molecule has 1 aliphatic carbocycles. The smallest absolute Gasteiger partial charge is 0.170 e. The van der Waals surface area contributed by atoms with Crippen LogP contribution < -0.4 is 0 Å². The third kappa shape index (κ3) is 3.84. The molecule has 3 aromatic rings. The van der Waals surface area contributed by atoms with Gasteiger partial charge in [-0.1, -0.05) is 53.4 Å². The number of carbonyl (C=O) groups excluding carboxylic acids is 1. The molecule has 2 aromatic carbocycles. The van der Waals surface area contributed by atoms with E-state index in [0.717, 1.165) is 60.4 Å². The van der Waals surface area contributed by atoms with Gasteiger partial charge in [0.1, 0.15) is 5.69 Å². The van der Waals surface area contributed by atoms with Crippen molar-refractivity contribution >= 4 is 41.1 Å². The van der Waals surface area contributed by atoms with Crippen LogP contribution in [0.3, 0.4) is 0 Å². The monoisotopic (exact) mass is 432 g/mol. The van der Waals surface area contributed by atoms with Gasteiger partial charge in [0.25, 0.3) is 0 Å². The fourth-order valence-corrected chi connectivity index (χ4v) is 4.64. The summed E-state index contributed by atoms with van der Waals surface area (Å²) in [7, 11) is 0. The zero-order valence-corrected chi connectivity index (χ0v) is 17.4. The highest BCUT2D eigenvalue weighted by molar-refractivity contribution is 6.35. The maximum Gasteiger partial charge on any atom is 0.170 e. The minimum Gasteiger partial charge on any atom is -0.296 e. The van der Waals surface area contributed by atoms with E-state index >= 15 is 0 Å². The molecule has 1 unspecified atom stereocenters. The topological polar surface area (TPSA) is 34.9 Å². The van der Waals surface area contributed by atoms with Crippen LogP contribution in [-0.4, -0.2) is 16.1 Å². The minimum atomic E-state index is 0.242. The highest BCUT2D eigenvalue weighted by Crippen LogP contribution is 2.37. The van der Waals surface area contributed by atoms with Gasteiger partial charge < -0.3 is 0 Å². The second kappa shape index (κ2) is 8.28. The molecule has 144 valence electrons. The molecular formula is C22H19Cl3N2O. The summed E-state index contributed by atoms with van der Waals surface area (Å²) < 4.78 is 1.85. The van der Waals surface area contributed by atoms with Crippen LogP contribution in [0.15, 0.2) is 42.5 Å². The lowest BCUT2D eigenvalue weighted by molar-refractivity contribution is 0.111. The molecule has 3 nitrogen and oxygen atoms in total. The van der Waals surface area contributed by atoms with E-state index in [1.807, 2.05) is 22.9 Å². The van der Waals surface area contributed by atoms with E-state index in [-0.39, 0.29) is 5.92 Å². The van der Waals surface area contributed by atoms with Gasteiger partial charge in [0, 0.05) is 21.5 Å². The number of hydrogen-bond acceptors (Lipinski definition) is 2. The van der Waals surface area contributed by atoms with Crippen molar-refractivity contribution in [2.45, 2.75) is 38.0 Å². The lowest BCUT2D eigenvalue weighted by Crippen LogP contribution is -2.11. The van der Waals surface area contributed by atoms with Gasteiger partial charge in [-0.3, -0.25) is 4.79 Å². The van der Waals surface area contributed by atoms with Crippen LogP contribution in [0, 0.1) is 0 Å². The molecule has 0 saturated carbocycles. The summed E-state index contributed by atoms with van der Waals surface area (Å²) in [6, 6.07) is 13.3. The molecule has 6 heteroatoms. The quantitative estimate of drug-likeness (QED) is 0.339. The van der Waals surface area contributed by atoms with Gasteiger partial charge in [0.2, 0.25) is 0 Å². The Morgan fingerprint density at radius 1 is 1.04 bits per heavy atom. The lowest BCUT2D eigenvalue weighted by Gasteiger charge is -2.19. The van der Waals surface area contributed by atoms with E-state index in [1.54, 1.807) is 12.1 Å². The normalized spacial score (nSPS) is 16.5. The zero-order chi connectivity index (χ0) is 19.7. The number of carbonyl (C=O) groups is 1. The Morgan fingerprint density at radius 2 is 1.79 bits per heavy atom. The van der Waals surface area contributed by atoms with Gasteiger partial charge in [-0.15, -0.1) is 0 Å². The molecule has 0 spiro atoms. The van der Waals surface area contributed by atoms with Gasteiger partial charge in [0.05, 0.1) is 16.4 Å². The number of benzene rings is 2. The third-order valence-corrected chi connectivity index (χ3v) is 6.11. The molecule has 28 heavy (non-hydrogen) atoms. The van der Waals surface area contributed by atoms with E-state index < -0.39 is 0 Å². The van der Waals surface area contributed by atoms with Gasteiger partial charge in [-0.05, 0) is 61.6 Å². The van der Waals surface area contributed by atoms with Gasteiger partial charge in [-0.2, -0.15) is 5.10 Å². The molecule has 0 fully saturated rings. The Morgan fingerprint density at radius 3 is 2.50 bits per heavy atom. The van der Waals surface area contributed by atoms with Crippen LogP contribution in [0.2, 0.25) is 15.1 Å². The molecule has 0 aliphatic heterocycles. The number of aromatic nitrogens is 2. The molecule has 1 atom stereocenters. The first-order chi connectivity index (χ1) is 13.6. The van der Waals surface area contributed by atoms with Crippen molar-refractivity contribution in [2.24, 2.45) is 0 Å². The Bertz CT molecular complexity index is 1010. The third-order valence-electron chi connectivity index (χ3n) is 5.32. The lowest BCUT2D eigenvalue weighted by atomic mass is 9.91. The number of fused-ring (bicyclic) bond motifs is 1. The average Bonchev–Trinajstić information content (AvgIpc) is 2.91. The number of rotatable bonds is 4.